The number of amides is 4. The Kier molecular flexibility index (Phi) is 5.61. The molecule has 0 aromatic heterocycles. The van der Waals surface area contributed by atoms with Gasteiger partial charge in [-0.3, -0.25) is 24.6 Å². The highest BCUT2D eigenvalue weighted by atomic mass is 16.6. The first kappa shape index (κ1) is 21.8. The molecule has 2 aromatic rings. The zero-order chi connectivity index (χ0) is 23.8. The van der Waals surface area contributed by atoms with Crippen LogP contribution in [0.15, 0.2) is 66.7 Å². The normalized spacial score (nSPS) is 25.7. The van der Waals surface area contributed by atoms with Crippen LogP contribution in [0, 0.1) is 33.8 Å². The van der Waals surface area contributed by atoms with Gasteiger partial charge in [-0.05, 0) is 36.3 Å². The molecule has 4 amide bonds. The number of fused-ring (bicyclic) bond motifs is 1. The molecule has 0 unspecified atom stereocenters. The van der Waals surface area contributed by atoms with Gasteiger partial charge in [-0.25, -0.2) is 4.79 Å². The molecule has 9 nitrogen and oxygen atoms in total. The van der Waals surface area contributed by atoms with Gasteiger partial charge in [0, 0.05) is 24.2 Å². The predicted molar refractivity (Wildman–Crippen MR) is 123 cm³/mol. The maximum Gasteiger partial charge on any atom is 0.320 e. The summed E-state index contributed by atoms with van der Waals surface area (Å²) in [7, 11) is 0. The van der Waals surface area contributed by atoms with Crippen molar-refractivity contribution in [2.75, 3.05) is 5.32 Å². The Morgan fingerprint density at radius 1 is 1.00 bits per heavy atom. The monoisotopic (exact) mass is 460 g/mol. The van der Waals surface area contributed by atoms with E-state index >= 15 is 0 Å². The van der Waals surface area contributed by atoms with E-state index in [1.165, 1.54) is 29.2 Å². The van der Waals surface area contributed by atoms with Crippen LogP contribution >= 0.6 is 0 Å². The molecule has 0 spiro atoms. The van der Waals surface area contributed by atoms with Crippen LogP contribution < -0.4 is 10.6 Å². The molecule has 1 heterocycles. The summed E-state index contributed by atoms with van der Waals surface area (Å²) >= 11 is 0. The molecule has 1 aliphatic heterocycles. The second-order valence-electron chi connectivity index (χ2n) is 9.00. The summed E-state index contributed by atoms with van der Waals surface area (Å²) in [5, 5.41) is 16.4. The number of hydrogen-bond acceptors (Lipinski definition) is 5. The van der Waals surface area contributed by atoms with E-state index in [-0.39, 0.29) is 53.3 Å². The maximum absolute atomic E-state index is 13.5. The SMILES string of the molecule is O=C(Nc1cccc([N+](=O)[O-])c1)N[C@H](Cc1ccccc1)N1C(=O)[C@@H]2[C@@H](C1=O)[C@H]1C=C[C@H]2CC1. The van der Waals surface area contributed by atoms with Crippen molar-refractivity contribution < 1.29 is 19.3 Å². The molecule has 2 bridgehead atoms. The number of likely N-dealkylation sites (tertiary alicyclic amines) is 1. The number of non-ortho nitro benzene ring substituents is 1. The highest BCUT2D eigenvalue weighted by Crippen LogP contribution is 2.50. The van der Waals surface area contributed by atoms with Gasteiger partial charge in [-0.15, -0.1) is 0 Å². The second kappa shape index (κ2) is 8.74. The van der Waals surface area contributed by atoms with Gasteiger partial charge in [0.25, 0.3) is 5.69 Å². The fraction of sp³-hybridized carbons (Fsp3) is 0.320. The summed E-state index contributed by atoms with van der Waals surface area (Å²) in [6.07, 6.45) is 5.25. The van der Waals surface area contributed by atoms with Crippen LogP contribution in [0.2, 0.25) is 0 Å². The lowest BCUT2D eigenvalue weighted by Crippen LogP contribution is -2.53. The molecular formula is C25H24N4O5. The number of carbonyl (C=O) groups is 3. The fourth-order valence-corrected chi connectivity index (χ4v) is 5.46. The smallest absolute Gasteiger partial charge is 0.317 e. The van der Waals surface area contributed by atoms with Gasteiger partial charge in [0.05, 0.1) is 16.8 Å². The van der Waals surface area contributed by atoms with Gasteiger partial charge in [0.2, 0.25) is 11.8 Å². The van der Waals surface area contributed by atoms with Crippen LogP contribution in [0.25, 0.3) is 0 Å². The number of nitro groups is 1. The first-order valence-corrected chi connectivity index (χ1v) is 11.3. The Hall–Kier alpha value is -4.01. The number of allylic oxidation sites excluding steroid dienone is 2. The molecule has 3 aliphatic carbocycles. The molecule has 34 heavy (non-hydrogen) atoms. The van der Waals surface area contributed by atoms with Crippen molar-refractivity contribution in [3.8, 4) is 0 Å². The minimum Gasteiger partial charge on any atom is -0.317 e. The first-order valence-electron chi connectivity index (χ1n) is 11.3. The third-order valence-corrected chi connectivity index (χ3v) is 6.99. The van der Waals surface area contributed by atoms with Crippen LogP contribution in [-0.2, 0) is 16.0 Å². The highest BCUT2D eigenvalue weighted by molar-refractivity contribution is 6.06. The predicted octanol–water partition coefficient (Wildman–Crippen LogP) is 3.48. The van der Waals surface area contributed by atoms with E-state index in [2.05, 4.69) is 22.8 Å². The van der Waals surface area contributed by atoms with Crippen LogP contribution in [0.1, 0.15) is 18.4 Å². The van der Waals surface area contributed by atoms with Gasteiger partial charge in [0.15, 0.2) is 0 Å². The largest absolute Gasteiger partial charge is 0.320 e. The van der Waals surface area contributed by atoms with Crippen LogP contribution in [-0.4, -0.2) is 33.8 Å². The minimum absolute atomic E-state index is 0.0486. The number of carbonyl (C=O) groups excluding carboxylic acids is 3. The minimum atomic E-state index is -0.883. The third kappa shape index (κ3) is 3.93. The number of imide groups is 1. The third-order valence-electron chi connectivity index (χ3n) is 6.99. The Morgan fingerprint density at radius 3 is 2.24 bits per heavy atom. The fourth-order valence-electron chi connectivity index (χ4n) is 5.46. The van der Waals surface area contributed by atoms with E-state index in [1.807, 2.05) is 30.3 Å². The summed E-state index contributed by atoms with van der Waals surface area (Å²) in [6.45, 7) is 0. The molecule has 4 aliphatic rings. The molecule has 6 rings (SSSR count). The van der Waals surface area contributed by atoms with E-state index in [9.17, 15) is 24.5 Å². The van der Waals surface area contributed by atoms with Gasteiger partial charge in [-0.1, -0.05) is 48.6 Å². The van der Waals surface area contributed by atoms with Crippen molar-refractivity contribution in [3.05, 3.63) is 82.4 Å². The number of rotatable bonds is 6. The molecule has 1 saturated heterocycles. The quantitative estimate of drug-likeness (QED) is 0.296. The number of hydrogen-bond donors (Lipinski definition) is 2. The molecule has 174 valence electrons. The lowest BCUT2D eigenvalue weighted by Gasteiger charge is -2.38. The number of nitrogens with zero attached hydrogens (tertiary/aromatic N) is 2. The lowest BCUT2D eigenvalue weighted by molar-refractivity contribution is -0.384. The van der Waals surface area contributed by atoms with Crippen molar-refractivity contribution in [2.24, 2.45) is 23.7 Å². The lowest BCUT2D eigenvalue weighted by atomic mass is 9.63. The van der Waals surface area contributed by atoms with Crippen molar-refractivity contribution in [1.29, 1.82) is 0 Å². The van der Waals surface area contributed by atoms with Crippen molar-refractivity contribution in [3.63, 3.8) is 0 Å². The van der Waals surface area contributed by atoms with Gasteiger partial charge in [-0.2, -0.15) is 0 Å². The van der Waals surface area contributed by atoms with Gasteiger partial charge in [0.1, 0.15) is 6.17 Å². The maximum atomic E-state index is 13.5. The van der Waals surface area contributed by atoms with Crippen LogP contribution in [0.5, 0.6) is 0 Å². The Balaban J connectivity index is 1.39. The summed E-state index contributed by atoms with van der Waals surface area (Å²) in [6, 6.07) is 14.2. The molecule has 9 heteroatoms. The summed E-state index contributed by atoms with van der Waals surface area (Å²) in [5.74, 6) is -1.15. The Bertz CT molecular complexity index is 1150. The number of anilines is 1. The van der Waals surface area contributed by atoms with E-state index in [0.717, 1.165) is 18.4 Å². The Labute approximate surface area is 196 Å². The van der Waals surface area contributed by atoms with E-state index < -0.39 is 17.1 Å². The molecule has 2 N–H and O–H groups in total. The number of benzene rings is 2. The topological polar surface area (TPSA) is 122 Å². The van der Waals surface area contributed by atoms with Crippen molar-refractivity contribution in [1.82, 2.24) is 10.2 Å². The average Bonchev–Trinajstić information content (AvgIpc) is 3.12. The first-order chi connectivity index (χ1) is 16.4. The molecule has 0 radical (unpaired) electrons. The zero-order valence-electron chi connectivity index (χ0n) is 18.3. The average molecular weight is 460 g/mol. The van der Waals surface area contributed by atoms with Crippen LogP contribution in [0.4, 0.5) is 16.2 Å². The standard InChI is InChI=1S/C25H24N4O5/c30-23-21-16-9-10-17(12-11-16)22(21)24(31)28(23)20(13-15-5-2-1-3-6-15)27-25(32)26-18-7-4-8-19(14-18)29(33)34/h1-10,14,16-17,20-22H,11-13H2,(H2,26,27,32)/t16-,17-,20-,21-,22-/m0/s1. The number of nitrogens with one attached hydrogen (secondary N) is 2. The highest BCUT2D eigenvalue weighted by Gasteiger charge is 2.58. The van der Waals surface area contributed by atoms with Gasteiger partial charge >= 0.3 is 6.03 Å². The molecule has 2 aromatic carbocycles. The molecular weight excluding hydrogens is 436 g/mol. The van der Waals surface area contributed by atoms with Gasteiger partial charge < -0.3 is 10.6 Å². The van der Waals surface area contributed by atoms with Crippen LogP contribution in [0.3, 0.4) is 0 Å². The number of urea groups is 1. The molecule has 5 atom stereocenters. The summed E-state index contributed by atoms with van der Waals surface area (Å²) in [5.41, 5.74) is 0.940. The second-order valence-corrected chi connectivity index (χ2v) is 9.00. The summed E-state index contributed by atoms with van der Waals surface area (Å²) < 4.78 is 0. The number of nitro benzene ring substituents is 1. The summed E-state index contributed by atoms with van der Waals surface area (Å²) in [4.78, 5) is 51.5. The molecule has 1 saturated carbocycles. The van der Waals surface area contributed by atoms with E-state index in [0.29, 0.717) is 0 Å². The van der Waals surface area contributed by atoms with Crippen molar-refractivity contribution in [2.45, 2.75) is 25.4 Å². The molecule has 2 fully saturated rings. The van der Waals surface area contributed by atoms with E-state index in [1.54, 1.807) is 0 Å². The Morgan fingerprint density at radius 2 is 1.65 bits per heavy atom. The zero-order valence-corrected chi connectivity index (χ0v) is 18.3. The van der Waals surface area contributed by atoms with E-state index in [4.69, 9.17) is 0 Å². The van der Waals surface area contributed by atoms with Crippen molar-refractivity contribution >= 4 is 29.2 Å².